The maximum atomic E-state index is 8.76. The third-order valence-corrected chi connectivity index (χ3v) is 3.67. The minimum Gasteiger partial charge on any atom is -0.396 e. The van der Waals surface area contributed by atoms with Crippen molar-refractivity contribution in [3.63, 3.8) is 0 Å². The molecule has 5 nitrogen and oxygen atoms in total. The average Bonchev–Trinajstić information content (AvgIpc) is 2.83. The molecule has 0 unspecified atom stereocenters. The Morgan fingerprint density at radius 1 is 1.32 bits per heavy atom. The largest absolute Gasteiger partial charge is 0.396 e. The number of aliphatic hydroxyl groups excluding tert-OH is 1. The van der Waals surface area contributed by atoms with Gasteiger partial charge in [0.1, 0.15) is 5.69 Å². The van der Waals surface area contributed by atoms with Crippen molar-refractivity contribution in [2.75, 3.05) is 11.9 Å². The Balaban J connectivity index is 1.92. The zero-order chi connectivity index (χ0) is 13.7. The molecule has 2 N–H and O–H groups in total. The molecule has 0 aliphatic carbocycles. The molecular formula is C12H14Br2N4O. The summed E-state index contributed by atoms with van der Waals surface area (Å²) in [4.78, 5) is 0. The summed E-state index contributed by atoms with van der Waals surface area (Å²) < 4.78 is 3.76. The van der Waals surface area contributed by atoms with Gasteiger partial charge in [-0.2, -0.15) is 0 Å². The van der Waals surface area contributed by atoms with Gasteiger partial charge in [0.05, 0.1) is 12.7 Å². The molecule has 0 radical (unpaired) electrons. The summed E-state index contributed by atoms with van der Waals surface area (Å²) in [7, 11) is 0. The van der Waals surface area contributed by atoms with Crippen LogP contribution in [0.1, 0.15) is 12.1 Å². The second kappa shape index (κ2) is 7.02. The molecule has 1 aromatic carbocycles. The summed E-state index contributed by atoms with van der Waals surface area (Å²) >= 11 is 6.91. The second-order valence-corrected chi connectivity index (χ2v) is 5.80. The van der Waals surface area contributed by atoms with Crippen molar-refractivity contribution in [1.29, 1.82) is 0 Å². The van der Waals surface area contributed by atoms with E-state index in [9.17, 15) is 0 Å². The molecule has 0 saturated heterocycles. The number of anilines is 1. The summed E-state index contributed by atoms with van der Waals surface area (Å²) in [6, 6.07) is 5.95. The van der Waals surface area contributed by atoms with E-state index in [1.165, 1.54) is 0 Å². The maximum absolute atomic E-state index is 8.76. The second-order valence-electron chi connectivity index (χ2n) is 4.03. The van der Waals surface area contributed by atoms with Crippen LogP contribution in [0, 0.1) is 0 Å². The molecule has 19 heavy (non-hydrogen) atoms. The van der Waals surface area contributed by atoms with Gasteiger partial charge < -0.3 is 10.4 Å². The van der Waals surface area contributed by atoms with E-state index in [1.807, 2.05) is 24.4 Å². The highest BCUT2D eigenvalue weighted by molar-refractivity contribution is 9.11. The molecule has 0 atom stereocenters. The van der Waals surface area contributed by atoms with Crippen molar-refractivity contribution in [1.82, 2.24) is 15.0 Å². The van der Waals surface area contributed by atoms with Gasteiger partial charge in [-0.05, 0) is 40.5 Å². The third-order valence-electron chi connectivity index (χ3n) is 2.52. The van der Waals surface area contributed by atoms with Crippen molar-refractivity contribution in [3.05, 3.63) is 39.0 Å². The van der Waals surface area contributed by atoms with E-state index in [0.29, 0.717) is 19.5 Å². The lowest BCUT2D eigenvalue weighted by Gasteiger charge is -2.06. The minimum atomic E-state index is 0.166. The Hall–Kier alpha value is -0.920. The summed E-state index contributed by atoms with van der Waals surface area (Å²) in [6.45, 7) is 1.46. The maximum Gasteiger partial charge on any atom is 0.102 e. The third kappa shape index (κ3) is 4.29. The fourth-order valence-corrected chi connectivity index (χ4v) is 2.77. The number of hydrogen-bond acceptors (Lipinski definition) is 4. The van der Waals surface area contributed by atoms with Gasteiger partial charge in [-0.25, -0.2) is 0 Å². The number of nitrogens with zero attached hydrogens (tertiary/aromatic N) is 3. The zero-order valence-electron chi connectivity index (χ0n) is 10.2. The normalized spacial score (nSPS) is 10.7. The van der Waals surface area contributed by atoms with Crippen LogP contribution in [-0.2, 0) is 13.1 Å². The predicted octanol–water partition coefficient (Wildman–Crippen LogP) is 2.80. The fourth-order valence-electron chi connectivity index (χ4n) is 1.58. The summed E-state index contributed by atoms with van der Waals surface area (Å²) in [6.07, 6.45) is 2.57. The van der Waals surface area contributed by atoms with Crippen LogP contribution in [0.25, 0.3) is 0 Å². The smallest absolute Gasteiger partial charge is 0.102 e. The molecule has 1 heterocycles. The molecule has 0 aliphatic rings. The molecule has 102 valence electrons. The fraction of sp³-hybridized carbons (Fsp3) is 0.333. The van der Waals surface area contributed by atoms with Gasteiger partial charge >= 0.3 is 0 Å². The van der Waals surface area contributed by atoms with Crippen LogP contribution in [0.3, 0.4) is 0 Å². The first-order valence-corrected chi connectivity index (χ1v) is 7.46. The molecule has 1 aromatic heterocycles. The van der Waals surface area contributed by atoms with Crippen LogP contribution in [0.15, 0.2) is 33.3 Å². The van der Waals surface area contributed by atoms with E-state index in [2.05, 4.69) is 47.5 Å². The van der Waals surface area contributed by atoms with Gasteiger partial charge in [0.15, 0.2) is 0 Å². The zero-order valence-corrected chi connectivity index (χ0v) is 13.4. The number of aryl methyl sites for hydroxylation is 1. The summed E-state index contributed by atoms with van der Waals surface area (Å²) in [5.74, 6) is 0. The van der Waals surface area contributed by atoms with Crippen molar-refractivity contribution < 1.29 is 5.11 Å². The monoisotopic (exact) mass is 388 g/mol. The van der Waals surface area contributed by atoms with E-state index in [0.717, 1.165) is 20.3 Å². The van der Waals surface area contributed by atoms with Crippen molar-refractivity contribution in [3.8, 4) is 0 Å². The number of aliphatic hydroxyl groups is 1. The van der Waals surface area contributed by atoms with E-state index in [4.69, 9.17) is 5.11 Å². The molecule has 0 amide bonds. The SMILES string of the molecule is OCCCn1cc(CNc2ccc(Br)cc2Br)nn1. The Kier molecular flexibility index (Phi) is 5.35. The number of aromatic nitrogens is 3. The van der Waals surface area contributed by atoms with Gasteiger partial charge in [-0.15, -0.1) is 5.10 Å². The number of nitrogens with one attached hydrogen (secondary N) is 1. The number of halogens is 2. The summed E-state index contributed by atoms with van der Waals surface area (Å²) in [5, 5.41) is 20.1. The molecule has 2 aromatic rings. The molecule has 0 spiro atoms. The molecule has 7 heteroatoms. The Morgan fingerprint density at radius 3 is 2.89 bits per heavy atom. The van der Waals surface area contributed by atoms with Crippen LogP contribution >= 0.6 is 31.9 Å². The molecule has 0 fully saturated rings. The molecular weight excluding hydrogens is 376 g/mol. The Bertz CT molecular complexity index is 544. The van der Waals surface area contributed by atoms with E-state index in [1.54, 1.807) is 4.68 Å². The van der Waals surface area contributed by atoms with E-state index in [-0.39, 0.29) is 6.61 Å². The lowest BCUT2D eigenvalue weighted by atomic mass is 10.3. The van der Waals surface area contributed by atoms with Crippen LogP contribution in [-0.4, -0.2) is 26.7 Å². The highest BCUT2D eigenvalue weighted by atomic mass is 79.9. The lowest BCUT2D eigenvalue weighted by molar-refractivity contribution is 0.276. The topological polar surface area (TPSA) is 63.0 Å². The highest BCUT2D eigenvalue weighted by Gasteiger charge is 2.03. The number of hydrogen-bond donors (Lipinski definition) is 2. The van der Waals surface area contributed by atoms with Crippen molar-refractivity contribution >= 4 is 37.5 Å². The van der Waals surface area contributed by atoms with Crippen LogP contribution in [0.2, 0.25) is 0 Å². The number of rotatable bonds is 6. The van der Waals surface area contributed by atoms with Crippen molar-refractivity contribution in [2.24, 2.45) is 0 Å². The predicted molar refractivity (Wildman–Crippen MR) is 80.9 cm³/mol. The number of benzene rings is 1. The first-order chi connectivity index (χ1) is 9.19. The molecule has 0 aliphatic heterocycles. The Labute approximate surface area is 128 Å². The van der Waals surface area contributed by atoms with Gasteiger partial charge in [0, 0.05) is 27.8 Å². The highest BCUT2D eigenvalue weighted by Crippen LogP contribution is 2.26. The molecule has 2 rings (SSSR count). The quantitative estimate of drug-likeness (QED) is 0.797. The average molecular weight is 390 g/mol. The van der Waals surface area contributed by atoms with Gasteiger partial charge in [-0.1, -0.05) is 21.1 Å². The van der Waals surface area contributed by atoms with Crippen LogP contribution in [0.5, 0.6) is 0 Å². The van der Waals surface area contributed by atoms with Gasteiger partial charge in [-0.3, -0.25) is 4.68 Å². The van der Waals surface area contributed by atoms with Crippen LogP contribution < -0.4 is 5.32 Å². The molecule has 0 saturated carbocycles. The van der Waals surface area contributed by atoms with Crippen LogP contribution in [0.4, 0.5) is 5.69 Å². The first-order valence-electron chi connectivity index (χ1n) is 5.88. The van der Waals surface area contributed by atoms with E-state index >= 15 is 0 Å². The van der Waals surface area contributed by atoms with Gasteiger partial charge in [0.2, 0.25) is 0 Å². The first kappa shape index (κ1) is 14.5. The standard InChI is InChI=1S/C12H14Br2N4O/c13-9-2-3-12(11(14)6-9)15-7-10-8-18(17-16-10)4-1-5-19/h2-3,6,8,15,19H,1,4-5,7H2. The van der Waals surface area contributed by atoms with E-state index < -0.39 is 0 Å². The summed E-state index contributed by atoms with van der Waals surface area (Å²) in [5.41, 5.74) is 1.88. The van der Waals surface area contributed by atoms with Gasteiger partial charge in [0.25, 0.3) is 0 Å². The van der Waals surface area contributed by atoms with Crippen molar-refractivity contribution in [2.45, 2.75) is 19.5 Å². The minimum absolute atomic E-state index is 0.166. The molecule has 0 bridgehead atoms. The lowest BCUT2D eigenvalue weighted by Crippen LogP contribution is -2.01. The Morgan fingerprint density at radius 2 is 2.16 bits per heavy atom.